The van der Waals surface area contributed by atoms with Gasteiger partial charge < -0.3 is 5.32 Å². The van der Waals surface area contributed by atoms with E-state index in [1.165, 1.54) is 17.7 Å². The summed E-state index contributed by atoms with van der Waals surface area (Å²) in [5.74, 6) is -0.606. The summed E-state index contributed by atoms with van der Waals surface area (Å²) in [6.07, 6.45) is 0.776. The van der Waals surface area contributed by atoms with E-state index in [-0.39, 0.29) is 5.69 Å². The minimum atomic E-state index is -0.606. The predicted octanol–water partition coefficient (Wildman–Crippen LogP) is 3.45. The Morgan fingerprint density at radius 2 is 2.22 bits per heavy atom. The van der Waals surface area contributed by atoms with Crippen molar-refractivity contribution in [3.63, 3.8) is 0 Å². The SMILES string of the molecule is O=[N+]([O-])c1cc(F)ccc1NCCc1ccsc1. The molecule has 1 N–H and O–H groups in total. The maximum absolute atomic E-state index is 12.9. The maximum Gasteiger partial charge on any atom is 0.295 e. The highest BCUT2D eigenvalue weighted by molar-refractivity contribution is 7.07. The van der Waals surface area contributed by atoms with Gasteiger partial charge in [-0.3, -0.25) is 10.1 Å². The van der Waals surface area contributed by atoms with Crippen LogP contribution >= 0.6 is 11.3 Å². The minimum Gasteiger partial charge on any atom is -0.379 e. The average Bonchev–Trinajstić information content (AvgIpc) is 2.84. The second kappa shape index (κ2) is 5.59. The van der Waals surface area contributed by atoms with Crippen LogP contribution in [0.15, 0.2) is 35.0 Å². The first-order chi connectivity index (χ1) is 8.66. The molecular formula is C12H11FN2O2S. The van der Waals surface area contributed by atoms with Crippen molar-refractivity contribution < 1.29 is 9.31 Å². The number of hydrogen-bond donors (Lipinski definition) is 1. The number of nitro groups is 1. The van der Waals surface area contributed by atoms with E-state index in [2.05, 4.69) is 5.32 Å². The van der Waals surface area contributed by atoms with Crippen LogP contribution in [0.1, 0.15) is 5.56 Å². The van der Waals surface area contributed by atoms with Crippen molar-refractivity contribution in [3.8, 4) is 0 Å². The molecule has 4 nitrogen and oxygen atoms in total. The van der Waals surface area contributed by atoms with Crippen LogP contribution in [0.3, 0.4) is 0 Å². The van der Waals surface area contributed by atoms with E-state index in [4.69, 9.17) is 0 Å². The van der Waals surface area contributed by atoms with E-state index in [0.717, 1.165) is 12.5 Å². The van der Waals surface area contributed by atoms with Gasteiger partial charge in [0.25, 0.3) is 5.69 Å². The monoisotopic (exact) mass is 266 g/mol. The molecule has 0 unspecified atom stereocenters. The lowest BCUT2D eigenvalue weighted by molar-refractivity contribution is -0.384. The number of thiophene rings is 1. The van der Waals surface area contributed by atoms with E-state index in [9.17, 15) is 14.5 Å². The Bertz CT molecular complexity index is 543. The summed E-state index contributed by atoms with van der Waals surface area (Å²) in [5.41, 5.74) is 1.29. The van der Waals surface area contributed by atoms with Crippen LogP contribution in [-0.2, 0) is 6.42 Å². The Balaban J connectivity index is 2.02. The van der Waals surface area contributed by atoms with Gasteiger partial charge in [0.2, 0.25) is 0 Å². The number of rotatable bonds is 5. The first-order valence-corrected chi connectivity index (χ1v) is 6.30. The molecule has 0 radical (unpaired) electrons. The van der Waals surface area contributed by atoms with Crippen molar-refractivity contribution in [2.75, 3.05) is 11.9 Å². The smallest absolute Gasteiger partial charge is 0.295 e. The molecule has 0 aliphatic rings. The zero-order chi connectivity index (χ0) is 13.0. The van der Waals surface area contributed by atoms with Gasteiger partial charge >= 0.3 is 0 Å². The number of nitrogens with zero attached hydrogens (tertiary/aromatic N) is 1. The largest absolute Gasteiger partial charge is 0.379 e. The highest BCUT2D eigenvalue weighted by Crippen LogP contribution is 2.24. The summed E-state index contributed by atoms with van der Waals surface area (Å²) in [6, 6.07) is 5.53. The summed E-state index contributed by atoms with van der Waals surface area (Å²) in [4.78, 5) is 10.2. The van der Waals surface area contributed by atoms with Gasteiger partial charge in [0, 0.05) is 6.54 Å². The van der Waals surface area contributed by atoms with E-state index in [1.54, 1.807) is 11.3 Å². The average molecular weight is 266 g/mol. The highest BCUT2D eigenvalue weighted by Gasteiger charge is 2.14. The van der Waals surface area contributed by atoms with E-state index < -0.39 is 10.7 Å². The van der Waals surface area contributed by atoms with Crippen molar-refractivity contribution in [1.82, 2.24) is 0 Å². The van der Waals surface area contributed by atoms with Crippen molar-refractivity contribution in [2.45, 2.75) is 6.42 Å². The second-order valence-corrected chi connectivity index (χ2v) is 4.51. The summed E-state index contributed by atoms with van der Waals surface area (Å²) < 4.78 is 12.9. The van der Waals surface area contributed by atoms with E-state index in [0.29, 0.717) is 12.2 Å². The molecule has 0 saturated carbocycles. The molecule has 0 spiro atoms. The Hall–Kier alpha value is -1.95. The third-order valence-electron chi connectivity index (χ3n) is 2.47. The zero-order valence-electron chi connectivity index (χ0n) is 9.43. The molecule has 1 aromatic carbocycles. The summed E-state index contributed by atoms with van der Waals surface area (Å²) in [6.45, 7) is 0.573. The van der Waals surface area contributed by atoms with Crippen LogP contribution in [0.2, 0.25) is 0 Å². The molecule has 0 aliphatic heterocycles. The molecule has 0 bridgehead atoms. The van der Waals surface area contributed by atoms with Gasteiger partial charge in [-0.05, 0) is 40.9 Å². The van der Waals surface area contributed by atoms with Crippen molar-refractivity contribution in [1.29, 1.82) is 0 Å². The number of hydrogen-bond acceptors (Lipinski definition) is 4. The molecule has 0 fully saturated rings. The Morgan fingerprint density at radius 3 is 2.89 bits per heavy atom. The van der Waals surface area contributed by atoms with Crippen molar-refractivity contribution in [3.05, 3.63) is 56.5 Å². The second-order valence-electron chi connectivity index (χ2n) is 3.73. The number of halogens is 1. The first kappa shape index (κ1) is 12.5. The predicted molar refractivity (Wildman–Crippen MR) is 69.6 cm³/mol. The van der Waals surface area contributed by atoms with Crippen LogP contribution in [0.4, 0.5) is 15.8 Å². The van der Waals surface area contributed by atoms with E-state index >= 15 is 0 Å². The summed E-state index contributed by atoms with van der Waals surface area (Å²) in [7, 11) is 0. The molecule has 0 aliphatic carbocycles. The molecule has 1 aromatic heterocycles. The number of benzene rings is 1. The van der Waals surface area contributed by atoms with Crippen molar-refractivity contribution in [2.24, 2.45) is 0 Å². The number of nitrogens with one attached hydrogen (secondary N) is 1. The fraction of sp³-hybridized carbons (Fsp3) is 0.167. The number of nitro benzene ring substituents is 1. The lowest BCUT2D eigenvalue weighted by Gasteiger charge is -2.06. The standard InChI is InChI=1S/C12H11FN2O2S/c13-10-1-2-11(12(7-10)15(16)17)14-5-3-9-4-6-18-8-9/h1-2,4,6-8,14H,3,5H2. The van der Waals surface area contributed by atoms with Gasteiger partial charge in [-0.25, -0.2) is 4.39 Å². The number of anilines is 1. The lowest BCUT2D eigenvalue weighted by atomic mass is 10.2. The minimum absolute atomic E-state index is 0.236. The zero-order valence-corrected chi connectivity index (χ0v) is 10.2. The van der Waals surface area contributed by atoms with Crippen LogP contribution in [-0.4, -0.2) is 11.5 Å². The third-order valence-corrected chi connectivity index (χ3v) is 3.20. The van der Waals surface area contributed by atoms with E-state index in [1.807, 2.05) is 16.8 Å². The first-order valence-electron chi connectivity index (χ1n) is 5.35. The normalized spacial score (nSPS) is 10.3. The summed E-state index contributed by atoms with van der Waals surface area (Å²) in [5, 5.41) is 17.7. The fourth-order valence-corrected chi connectivity index (χ4v) is 2.28. The van der Waals surface area contributed by atoms with Crippen LogP contribution in [0.25, 0.3) is 0 Å². The molecule has 6 heteroatoms. The Morgan fingerprint density at radius 1 is 1.39 bits per heavy atom. The molecule has 0 saturated heterocycles. The van der Waals surface area contributed by atoms with Crippen LogP contribution in [0.5, 0.6) is 0 Å². The fourth-order valence-electron chi connectivity index (χ4n) is 1.58. The van der Waals surface area contributed by atoms with Crippen molar-refractivity contribution >= 4 is 22.7 Å². The molecule has 0 atom stereocenters. The Labute approximate surface area is 107 Å². The van der Waals surface area contributed by atoms with Gasteiger partial charge in [0.05, 0.1) is 11.0 Å². The molecule has 18 heavy (non-hydrogen) atoms. The van der Waals surface area contributed by atoms with Gasteiger partial charge in [-0.2, -0.15) is 11.3 Å². The molecule has 2 rings (SSSR count). The van der Waals surface area contributed by atoms with Gasteiger partial charge in [0.15, 0.2) is 0 Å². The molecular weight excluding hydrogens is 255 g/mol. The molecule has 0 amide bonds. The van der Waals surface area contributed by atoms with Gasteiger partial charge in [-0.1, -0.05) is 0 Å². The Kier molecular flexibility index (Phi) is 3.88. The quantitative estimate of drug-likeness (QED) is 0.666. The maximum atomic E-state index is 12.9. The van der Waals surface area contributed by atoms with Crippen LogP contribution in [0, 0.1) is 15.9 Å². The molecule has 94 valence electrons. The summed E-state index contributed by atoms with van der Waals surface area (Å²) >= 11 is 1.61. The van der Waals surface area contributed by atoms with Gasteiger partial charge in [0.1, 0.15) is 11.5 Å². The molecule has 2 aromatic rings. The lowest BCUT2D eigenvalue weighted by Crippen LogP contribution is -2.06. The third kappa shape index (κ3) is 3.04. The molecule has 1 heterocycles. The highest BCUT2D eigenvalue weighted by atomic mass is 32.1. The van der Waals surface area contributed by atoms with Gasteiger partial charge in [-0.15, -0.1) is 0 Å². The topological polar surface area (TPSA) is 55.2 Å². The van der Waals surface area contributed by atoms with Crippen LogP contribution < -0.4 is 5.32 Å².